The van der Waals surface area contributed by atoms with Gasteiger partial charge >= 0.3 is 6.18 Å². The minimum atomic E-state index is -4.49. The lowest BCUT2D eigenvalue weighted by Crippen LogP contribution is -2.30. The summed E-state index contributed by atoms with van der Waals surface area (Å²) in [6, 6.07) is 12.4. The lowest BCUT2D eigenvalue weighted by molar-refractivity contribution is -0.137. The normalized spacial score (nSPS) is 11.6. The van der Waals surface area contributed by atoms with E-state index in [1.165, 1.54) is 0 Å². The van der Waals surface area contributed by atoms with Gasteiger partial charge in [-0.1, -0.05) is 41.9 Å². The van der Waals surface area contributed by atoms with Gasteiger partial charge in [0, 0.05) is 6.54 Å². The van der Waals surface area contributed by atoms with E-state index in [9.17, 15) is 18.0 Å². The minimum Gasteiger partial charge on any atom is -0.324 e. The summed E-state index contributed by atoms with van der Waals surface area (Å²) in [7, 11) is 1.75. The van der Waals surface area contributed by atoms with Gasteiger partial charge in [0.25, 0.3) is 0 Å². The molecule has 1 N–H and O–H groups in total. The smallest absolute Gasteiger partial charge is 0.324 e. The third-order valence-electron chi connectivity index (χ3n) is 3.28. The van der Waals surface area contributed by atoms with Gasteiger partial charge in [0.1, 0.15) is 0 Å². The third-order valence-corrected chi connectivity index (χ3v) is 3.61. The number of carbonyl (C=O) groups is 1. The second-order valence-corrected chi connectivity index (χ2v) is 5.81. The summed E-state index contributed by atoms with van der Waals surface area (Å²) in [5.41, 5.74) is 0.120. The van der Waals surface area contributed by atoms with Gasteiger partial charge in [-0.15, -0.1) is 0 Å². The van der Waals surface area contributed by atoms with E-state index in [1.807, 2.05) is 30.3 Å². The van der Waals surface area contributed by atoms with E-state index in [1.54, 1.807) is 11.9 Å². The first-order valence-electron chi connectivity index (χ1n) is 7.15. The van der Waals surface area contributed by atoms with Gasteiger partial charge in [-0.2, -0.15) is 13.2 Å². The zero-order valence-corrected chi connectivity index (χ0v) is 13.7. The largest absolute Gasteiger partial charge is 0.416 e. The topological polar surface area (TPSA) is 32.3 Å². The maximum atomic E-state index is 12.7. The zero-order valence-electron chi connectivity index (χ0n) is 12.9. The van der Waals surface area contributed by atoms with Gasteiger partial charge < -0.3 is 5.32 Å². The summed E-state index contributed by atoms with van der Waals surface area (Å²) in [4.78, 5) is 13.8. The molecule has 0 aliphatic heterocycles. The van der Waals surface area contributed by atoms with Gasteiger partial charge in [-0.3, -0.25) is 9.69 Å². The van der Waals surface area contributed by atoms with Gasteiger partial charge in [-0.25, -0.2) is 0 Å². The van der Waals surface area contributed by atoms with Crippen molar-refractivity contribution in [2.24, 2.45) is 0 Å². The lowest BCUT2D eigenvalue weighted by atomic mass is 10.2. The predicted octanol–water partition coefficient (Wildman–Crippen LogP) is 4.43. The molecule has 3 nitrogen and oxygen atoms in total. The standard InChI is InChI=1S/C17H16ClF3N2O/c1-23(10-12-5-3-2-4-6-12)11-16(24)22-15-9-13(17(19,20)21)7-8-14(15)18/h2-9H,10-11H2,1H3,(H,22,24). The van der Waals surface area contributed by atoms with Crippen LogP contribution in [-0.2, 0) is 17.5 Å². The second kappa shape index (κ2) is 7.68. The van der Waals surface area contributed by atoms with Crippen LogP contribution in [0.1, 0.15) is 11.1 Å². The molecule has 0 spiro atoms. The van der Waals surface area contributed by atoms with Crippen LogP contribution in [0.5, 0.6) is 0 Å². The molecule has 0 radical (unpaired) electrons. The van der Waals surface area contributed by atoms with Crippen LogP contribution in [-0.4, -0.2) is 24.4 Å². The number of hydrogen-bond acceptors (Lipinski definition) is 2. The highest BCUT2D eigenvalue weighted by molar-refractivity contribution is 6.33. The molecule has 2 aromatic carbocycles. The summed E-state index contributed by atoms with van der Waals surface area (Å²) in [5.74, 6) is -0.436. The Morgan fingerprint density at radius 3 is 2.46 bits per heavy atom. The van der Waals surface area contributed by atoms with E-state index in [-0.39, 0.29) is 17.3 Å². The van der Waals surface area contributed by atoms with E-state index in [0.717, 1.165) is 23.8 Å². The highest BCUT2D eigenvalue weighted by atomic mass is 35.5. The molecule has 128 valence electrons. The second-order valence-electron chi connectivity index (χ2n) is 5.40. The summed E-state index contributed by atoms with van der Waals surface area (Å²) in [5, 5.41) is 2.48. The SMILES string of the molecule is CN(CC(=O)Nc1cc(C(F)(F)F)ccc1Cl)Cc1ccccc1. The van der Waals surface area contributed by atoms with Crippen molar-refractivity contribution in [3.63, 3.8) is 0 Å². The quantitative estimate of drug-likeness (QED) is 0.859. The molecule has 0 aromatic heterocycles. The molecule has 24 heavy (non-hydrogen) atoms. The first-order valence-corrected chi connectivity index (χ1v) is 7.52. The molecule has 0 unspecified atom stereocenters. The fourth-order valence-corrected chi connectivity index (χ4v) is 2.35. The Bertz CT molecular complexity index is 705. The van der Waals surface area contributed by atoms with Crippen molar-refractivity contribution < 1.29 is 18.0 Å². The fourth-order valence-electron chi connectivity index (χ4n) is 2.18. The van der Waals surface area contributed by atoms with E-state index in [2.05, 4.69) is 5.32 Å². The number of rotatable bonds is 5. The molecule has 1 amide bonds. The Morgan fingerprint density at radius 1 is 1.17 bits per heavy atom. The maximum Gasteiger partial charge on any atom is 0.416 e. The molecule has 7 heteroatoms. The zero-order chi connectivity index (χ0) is 17.7. The van der Waals surface area contributed by atoms with E-state index in [4.69, 9.17) is 11.6 Å². The number of benzene rings is 2. The first-order chi connectivity index (χ1) is 11.3. The molecule has 0 bridgehead atoms. The molecule has 0 heterocycles. The van der Waals surface area contributed by atoms with Crippen LogP contribution < -0.4 is 5.32 Å². The van der Waals surface area contributed by atoms with Gasteiger partial charge in [0.05, 0.1) is 22.8 Å². The predicted molar refractivity (Wildman–Crippen MR) is 87.9 cm³/mol. The van der Waals surface area contributed by atoms with Crippen LogP contribution in [0, 0.1) is 0 Å². The van der Waals surface area contributed by atoms with Crippen molar-refractivity contribution in [3.05, 3.63) is 64.7 Å². The van der Waals surface area contributed by atoms with Crippen LogP contribution in [0.15, 0.2) is 48.5 Å². The highest BCUT2D eigenvalue weighted by Gasteiger charge is 2.31. The van der Waals surface area contributed by atoms with Gasteiger partial charge in [0.2, 0.25) is 5.91 Å². The first kappa shape index (κ1) is 18.3. The number of alkyl halides is 3. The Labute approximate surface area is 143 Å². The van der Waals surface area contributed by atoms with Crippen molar-refractivity contribution in [2.45, 2.75) is 12.7 Å². The van der Waals surface area contributed by atoms with Crippen LogP contribution in [0.4, 0.5) is 18.9 Å². The number of carbonyl (C=O) groups excluding carboxylic acids is 1. The number of hydrogen-bond donors (Lipinski definition) is 1. The third kappa shape index (κ3) is 5.25. The van der Waals surface area contributed by atoms with Crippen LogP contribution in [0.2, 0.25) is 5.02 Å². The summed E-state index contributed by atoms with van der Waals surface area (Å²) >= 11 is 5.86. The highest BCUT2D eigenvalue weighted by Crippen LogP contribution is 2.33. The average Bonchev–Trinajstić information content (AvgIpc) is 2.49. The Kier molecular flexibility index (Phi) is 5.85. The van der Waals surface area contributed by atoms with Crippen molar-refractivity contribution >= 4 is 23.2 Å². The van der Waals surface area contributed by atoms with Gasteiger partial charge in [0.15, 0.2) is 0 Å². The Hall–Kier alpha value is -2.05. The molecular formula is C17H16ClF3N2O. The molecule has 0 saturated heterocycles. The van der Waals surface area contributed by atoms with E-state index in [0.29, 0.717) is 6.54 Å². The number of anilines is 1. The summed E-state index contributed by atoms with van der Waals surface area (Å²) < 4.78 is 38.2. The summed E-state index contributed by atoms with van der Waals surface area (Å²) in [6.45, 7) is 0.575. The number of nitrogens with one attached hydrogen (secondary N) is 1. The number of halogens is 4. The summed E-state index contributed by atoms with van der Waals surface area (Å²) in [6.07, 6.45) is -4.49. The van der Waals surface area contributed by atoms with Crippen molar-refractivity contribution in [1.82, 2.24) is 4.90 Å². The van der Waals surface area contributed by atoms with E-state index >= 15 is 0 Å². The minimum absolute atomic E-state index is 0.0292. The molecular weight excluding hydrogens is 341 g/mol. The Balaban J connectivity index is 1.99. The van der Waals surface area contributed by atoms with Crippen molar-refractivity contribution in [3.8, 4) is 0 Å². The van der Waals surface area contributed by atoms with Crippen LogP contribution in [0.3, 0.4) is 0 Å². The number of amides is 1. The molecule has 2 rings (SSSR count). The number of nitrogens with zero attached hydrogens (tertiary/aromatic N) is 1. The monoisotopic (exact) mass is 356 g/mol. The van der Waals surface area contributed by atoms with Crippen molar-refractivity contribution in [2.75, 3.05) is 18.9 Å². The maximum absolute atomic E-state index is 12.7. The van der Waals surface area contributed by atoms with Gasteiger partial charge in [-0.05, 0) is 30.8 Å². The van der Waals surface area contributed by atoms with E-state index < -0.39 is 17.6 Å². The molecule has 0 atom stereocenters. The Morgan fingerprint density at radius 2 is 1.83 bits per heavy atom. The van der Waals surface area contributed by atoms with Crippen LogP contribution in [0.25, 0.3) is 0 Å². The number of likely N-dealkylation sites (N-methyl/N-ethyl adjacent to an activating group) is 1. The lowest BCUT2D eigenvalue weighted by Gasteiger charge is -2.17. The molecule has 2 aromatic rings. The molecule has 0 aliphatic carbocycles. The van der Waals surface area contributed by atoms with Crippen molar-refractivity contribution in [1.29, 1.82) is 0 Å². The molecule has 0 saturated carbocycles. The fraction of sp³-hybridized carbons (Fsp3) is 0.235. The molecule has 0 aliphatic rings. The molecule has 0 fully saturated rings. The van der Waals surface area contributed by atoms with Crippen LogP contribution >= 0.6 is 11.6 Å². The average molecular weight is 357 g/mol.